The summed E-state index contributed by atoms with van der Waals surface area (Å²) in [5.41, 5.74) is -0.987. The molecule has 0 unspecified atom stereocenters. The van der Waals surface area contributed by atoms with Gasteiger partial charge in [0.1, 0.15) is 12.8 Å². The van der Waals surface area contributed by atoms with Crippen molar-refractivity contribution in [3.8, 4) is 0 Å². The number of amides is 1. The zero-order chi connectivity index (χ0) is 19.0. The van der Waals surface area contributed by atoms with Crippen molar-refractivity contribution in [2.24, 2.45) is 0 Å². The lowest BCUT2D eigenvalue weighted by atomic mass is 10.4. The van der Waals surface area contributed by atoms with Crippen molar-refractivity contribution in [1.82, 2.24) is 14.5 Å². The third-order valence-electron chi connectivity index (χ3n) is 3.21. The number of aromatic nitrogens is 2. The van der Waals surface area contributed by atoms with Gasteiger partial charge in [-0.1, -0.05) is 0 Å². The van der Waals surface area contributed by atoms with Crippen LogP contribution < -0.4 is 11.2 Å². The van der Waals surface area contributed by atoms with E-state index in [9.17, 15) is 18.9 Å². The molecule has 1 aromatic rings. The molecule has 2 N–H and O–H groups in total. The Kier molecular flexibility index (Phi) is 8.24. The van der Waals surface area contributed by atoms with E-state index in [4.69, 9.17) is 14.2 Å². The van der Waals surface area contributed by atoms with Gasteiger partial charge in [0.25, 0.3) is 5.56 Å². The van der Waals surface area contributed by atoms with Gasteiger partial charge in [0, 0.05) is 18.3 Å². The van der Waals surface area contributed by atoms with E-state index in [-0.39, 0.29) is 44.8 Å². The summed E-state index contributed by atoms with van der Waals surface area (Å²) in [4.78, 5) is 38.8. The van der Waals surface area contributed by atoms with E-state index in [1.54, 1.807) is 13.8 Å². The second-order valence-corrected chi connectivity index (χ2v) is 7.19. The van der Waals surface area contributed by atoms with Gasteiger partial charge in [0.05, 0.1) is 19.8 Å². The molecular formula is C14H24N3O7P. The zero-order valence-electron chi connectivity index (χ0n) is 14.6. The van der Waals surface area contributed by atoms with Gasteiger partial charge in [-0.05, 0) is 20.8 Å². The smallest absolute Gasteiger partial charge is 0.349 e. The van der Waals surface area contributed by atoms with E-state index < -0.39 is 24.8 Å². The number of hydrogen-bond acceptors (Lipinski definition) is 7. The first-order chi connectivity index (χ1) is 11.8. The molecule has 0 radical (unpaired) electrons. The number of carbonyl (C=O) groups is 1. The van der Waals surface area contributed by atoms with Crippen LogP contribution in [0.4, 0.5) is 0 Å². The monoisotopic (exact) mass is 377 g/mol. The molecule has 1 amide bonds. The fourth-order valence-corrected chi connectivity index (χ4v) is 3.84. The molecule has 10 nitrogen and oxygen atoms in total. The van der Waals surface area contributed by atoms with Crippen LogP contribution in [0.5, 0.6) is 0 Å². The Balaban J connectivity index is 3.00. The maximum atomic E-state index is 12.6. The molecule has 0 fully saturated rings. The first kappa shape index (κ1) is 21.3. The largest absolute Gasteiger partial charge is 0.395 e. The Bertz CT molecular complexity index is 733. The molecule has 1 heterocycles. The van der Waals surface area contributed by atoms with E-state index in [1.165, 1.54) is 13.1 Å². The Morgan fingerprint density at radius 3 is 2.44 bits per heavy atom. The van der Waals surface area contributed by atoms with Crippen molar-refractivity contribution in [2.75, 3.05) is 32.7 Å². The third kappa shape index (κ3) is 6.24. The van der Waals surface area contributed by atoms with Crippen LogP contribution >= 0.6 is 7.60 Å². The van der Waals surface area contributed by atoms with Crippen LogP contribution in [-0.4, -0.2) is 58.1 Å². The Morgan fingerprint density at radius 2 is 1.92 bits per heavy atom. The molecule has 0 aliphatic heterocycles. The number of aryl methyl sites for hydroxylation is 1. The van der Waals surface area contributed by atoms with Gasteiger partial charge < -0.3 is 19.1 Å². The maximum Gasteiger partial charge on any atom is 0.349 e. The van der Waals surface area contributed by atoms with Gasteiger partial charge in [-0.15, -0.1) is 0 Å². The van der Waals surface area contributed by atoms with E-state index in [0.29, 0.717) is 0 Å². The van der Waals surface area contributed by atoms with Gasteiger partial charge in [-0.2, -0.15) is 0 Å². The minimum atomic E-state index is -3.54. The quantitative estimate of drug-likeness (QED) is 0.544. The summed E-state index contributed by atoms with van der Waals surface area (Å²) in [6, 6.07) is 0. The average molecular weight is 377 g/mol. The number of nitrogens with one attached hydrogen (secondary N) is 1. The summed E-state index contributed by atoms with van der Waals surface area (Å²) in [6.45, 7) is 4.23. The second kappa shape index (κ2) is 9.67. The predicted molar refractivity (Wildman–Crippen MR) is 90.6 cm³/mol. The zero-order valence-corrected chi connectivity index (χ0v) is 15.5. The molecule has 0 saturated heterocycles. The van der Waals surface area contributed by atoms with Crippen LogP contribution in [0.1, 0.15) is 19.4 Å². The molecule has 1 aromatic heterocycles. The van der Waals surface area contributed by atoms with Gasteiger partial charge >= 0.3 is 13.3 Å². The highest BCUT2D eigenvalue weighted by atomic mass is 31.2. The molecule has 0 aromatic carbocycles. The first-order valence-electron chi connectivity index (χ1n) is 7.83. The lowest BCUT2D eigenvalue weighted by Crippen LogP contribution is -2.40. The first-order valence-corrected chi connectivity index (χ1v) is 9.56. The van der Waals surface area contributed by atoms with E-state index in [1.807, 2.05) is 0 Å². The minimum absolute atomic E-state index is 0.0972. The highest BCUT2D eigenvalue weighted by Crippen LogP contribution is 2.48. The lowest BCUT2D eigenvalue weighted by Gasteiger charge is -2.26. The highest BCUT2D eigenvalue weighted by Gasteiger charge is 2.29. The van der Waals surface area contributed by atoms with Gasteiger partial charge in [0.2, 0.25) is 5.91 Å². The second-order valence-electron chi connectivity index (χ2n) is 5.17. The van der Waals surface area contributed by atoms with Crippen LogP contribution in [-0.2, 0) is 25.0 Å². The van der Waals surface area contributed by atoms with Crippen LogP contribution in [0.3, 0.4) is 0 Å². The molecular weight excluding hydrogens is 353 g/mol. The lowest BCUT2D eigenvalue weighted by molar-refractivity contribution is -0.131. The Hall–Kier alpha value is -1.74. The molecule has 11 heteroatoms. The average Bonchev–Trinajstić information content (AvgIpc) is 2.52. The Morgan fingerprint density at radius 1 is 1.32 bits per heavy atom. The van der Waals surface area contributed by atoms with Crippen molar-refractivity contribution in [3.63, 3.8) is 0 Å². The van der Waals surface area contributed by atoms with Gasteiger partial charge in [-0.3, -0.25) is 23.7 Å². The fourth-order valence-electron chi connectivity index (χ4n) is 2.10. The maximum absolute atomic E-state index is 12.6. The molecule has 1 rings (SSSR count). The number of H-pyrrole nitrogens is 1. The number of aromatic amines is 1. The SMILES string of the molecule is CCOP(=O)(CN(CCO)C(=O)Cn1cc(C)c(=O)[nH]c1=O)OCC. The molecule has 0 bridgehead atoms. The number of rotatable bonds is 10. The van der Waals surface area contributed by atoms with E-state index in [0.717, 1.165) is 9.47 Å². The summed E-state index contributed by atoms with van der Waals surface area (Å²) in [5, 5.41) is 9.16. The molecule has 0 aliphatic rings. The summed E-state index contributed by atoms with van der Waals surface area (Å²) < 4.78 is 23.9. The number of hydrogen-bond donors (Lipinski definition) is 2. The summed E-state index contributed by atoms with van der Waals surface area (Å²) >= 11 is 0. The standard InChI is InChI=1S/C14H24N3O7P/c1-4-23-25(22,24-5-2)10-16(6-7-18)12(19)9-17-8-11(3)13(20)15-14(17)21/h8,18H,4-7,9-10H2,1-3H3,(H,15,20,21). The highest BCUT2D eigenvalue weighted by molar-refractivity contribution is 7.53. The molecule has 0 saturated carbocycles. The van der Waals surface area contributed by atoms with Crippen molar-refractivity contribution < 1.29 is 23.5 Å². The summed E-state index contributed by atoms with van der Waals surface area (Å²) in [6.07, 6.45) is 0.923. The number of aliphatic hydroxyl groups is 1. The molecule has 142 valence electrons. The minimum Gasteiger partial charge on any atom is -0.395 e. The molecule has 25 heavy (non-hydrogen) atoms. The summed E-state index contributed by atoms with van der Waals surface area (Å²) in [7, 11) is -3.54. The number of nitrogens with zero attached hydrogens (tertiary/aromatic N) is 2. The molecule has 0 atom stereocenters. The van der Waals surface area contributed by atoms with Crippen LogP contribution in [0.25, 0.3) is 0 Å². The van der Waals surface area contributed by atoms with Gasteiger partial charge in [-0.25, -0.2) is 4.79 Å². The van der Waals surface area contributed by atoms with Crippen molar-refractivity contribution in [3.05, 3.63) is 32.6 Å². The van der Waals surface area contributed by atoms with Crippen LogP contribution in [0.15, 0.2) is 15.8 Å². The normalized spacial score (nSPS) is 11.5. The predicted octanol–water partition coefficient (Wildman–Crippen LogP) is -0.110. The number of carbonyl (C=O) groups excluding carboxylic acids is 1. The van der Waals surface area contributed by atoms with Crippen LogP contribution in [0, 0.1) is 6.92 Å². The van der Waals surface area contributed by atoms with Gasteiger partial charge in [0.15, 0.2) is 0 Å². The third-order valence-corrected chi connectivity index (χ3v) is 5.20. The van der Waals surface area contributed by atoms with Crippen molar-refractivity contribution in [1.29, 1.82) is 0 Å². The van der Waals surface area contributed by atoms with Crippen molar-refractivity contribution in [2.45, 2.75) is 27.3 Å². The Labute approximate surface area is 144 Å². The fraction of sp³-hybridized carbons (Fsp3) is 0.643. The van der Waals surface area contributed by atoms with E-state index in [2.05, 4.69) is 4.98 Å². The van der Waals surface area contributed by atoms with Crippen LogP contribution in [0.2, 0.25) is 0 Å². The molecule has 0 spiro atoms. The summed E-state index contributed by atoms with van der Waals surface area (Å²) in [5.74, 6) is -0.567. The van der Waals surface area contributed by atoms with E-state index >= 15 is 0 Å². The molecule has 0 aliphatic carbocycles. The topological polar surface area (TPSA) is 131 Å². The number of aliphatic hydroxyl groups excluding tert-OH is 1. The van der Waals surface area contributed by atoms with Crippen molar-refractivity contribution >= 4 is 13.5 Å².